The van der Waals surface area contributed by atoms with Crippen LogP contribution < -0.4 is 20.7 Å². The van der Waals surface area contributed by atoms with Crippen LogP contribution in [0.2, 0.25) is 0 Å². The molecule has 0 saturated heterocycles. The van der Waals surface area contributed by atoms with Gasteiger partial charge in [-0.3, -0.25) is 14.9 Å². The average molecular weight is 526 g/mol. The highest BCUT2D eigenvalue weighted by atomic mass is 79.9. The van der Waals surface area contributed by atoms with Crippen molar-refractivity contribution >= 4 is 56.4 Å². The maximum absolute atomic E-state index is 12.9. The summed E-state index contributed by atoms with van der Waals surface area (Å²) in [5.41, 5.74) is 1.89. The number of thiocarbonyl (C=S) groups is 1. The van der Waals surface area contributed by atoms with Gasteiger partial charge in [-0.2, -0.15) is 0 Å². The van der Waals surface area contributed by atoms with E-state index >= 15 is 0 Å². The van der Waals surface area contributed by atoms with Crippen LogP contribution in [0.3, 0.4) is 0 Å². The molecule has 0 bridgehead atoms. The number of ether oxygens (including phenoxy) is 1. The van der Waals surface area contributed by atoms with Crippen LogP contribution in [0.5, 0.6) is 5.75 Å². The number of hydrogen-bond donors (Lipinski definition) is 3. The van der Waals surface area contributed by atoms with E-state index in [1.807, 2.05) is 38.1 Å². The van der Waals surface area contributed by atoms with E-state index in [9.17, 15) is 9.59 Å². The van der Waals surface area contributed by atoms with Crippen LogP contribution in [0.15, 0.2) is 77.3 Å². The van der Waals surface area contributed by atoms with Crippen LogP contribution in [0.4, 0.5) is 11.4 Å². The lowest BCUT2D eigenvalue weighted by Crippen LogP contribution is -2.35. The molecule has 0 aliphatic heterocycles. The largest absolute Gasteiger partial charge is 0.492 e. The molecule has 3 aromatic rings. The van der Waals surface area contributed by atoms with Crippen LogP contribution in [0.1, 0.15) is 34.6 Å². The van der Waals surface area contributed by atoms with Gasteiger partial charge in [0, 0.05) is 10.2 Å². The molecule has 0 heterocycles. The first-order valence-electron chi connectivity index (χ1n) is 10.3. The number of rotatable bonds is 7. The van der Waals surface area contributed by atoms with Crippen molar-refractivity contribution in [3.05, 3.63) is 88.4 Å². The molecule has 0 aliphatic carbocycles. The Bertz CT molecular complexity index is 1150. The number of para-hydroxylation sites is 2. The third-order valence-corrected chi connectivity index (χ3v) is 5.13. The number of carbonyl (C=O) groups excluding carboxylic acids is 2. The fourth-order valence-electron chi connectivity index (χ4n) is 2.90. The van der Waals surface area contributed by atoms with Crippen molar-refractivity contribution in [2.24, 2.45) is 5.92 Å². The van der Waals surface area contributed by atoms with E-state index in [0.29, 0.717) is 40.8 Å². The van der Waals surface area contributed by atoms with Crippen molar-refractivity contribution < 1.29 is 14.3 Å². The lowest BCUT2D eigenvalue weighted by Gasteiger charge is -2.16. The van der Waals surface area contributed by atoms with Crippen molar-refractivity contribution in [1.29, 1.82) is 0 Å². The van der Waals surface area contributed by atoms with Gasteiger partial charge in [0.15, 0.2) is 5.11 Å². The number of anilines is 2. The van der Waals surface area contributed by atoms with Gasteiger partial charge in [-0.15, -0.1) is 0 Å². The van der Waals surface area contributed by atoms with Gasteiger partial charge in [0.2, 0.25) is 0 Å². The fourth-order valence-corrected chi connectivity index (χ4v) is 3.46. The topological polar surface area (TPSA) is 79.5 Å². The standard InChI is InChI=1S/C25H24BrN3O3S/c1-16(2)15-32-22-13-12-17(26)14-20(22)24(31)29-25(33)28-21-11-7-6-10-19(21)23(30)27-18-8-4-3-5-9-18/h3-14,16H,15H2,1-2H3,(H,27,30)(H2,28,29,31,33). The third kappa shape index (κ3) is 7.13. The molecule has 3 N–H and O–H groups in total. The van der Waals surface area contributed by atoms with Crippen molar-refractivity contribution in [2.45, 2.75) is 13.8 Å². The first-order chi connectivity index (χ1) is 15.8. The van der Waals surface area contributed by atoms with Crippen molar-refractivity contribution in [3.8, 4) is 5.75 Å². The SMILES string of the molecule is CC(C)COc1ccc(Br)cc1C(=O)NC(=S)Nc1ccccc1C(=O)Nc1ccccc1. The molecular formula is C25H24BrN3O3S. The van der Waals surface area contributed by atoms with Crippen LogP contribution in [-0.4, -0.2) is 23.5 Å². The Labute approximate surface area is 206 Å². The highest BCUT2D eigenvalue weighted by Gasteiger charge is 2.17. The summed E-state index contributed by atoms with van der Waals surface area (Å²) in [4.78, 5) is 25.7. The van der Waals surface area contributed by atoms with Crippen molar-refractivity contribution in [1.82, 2.24) is 5.32 Å². The molecule has 0 aromatic heterocycles. The molecule has 0 atom stereocenters. The Morgan fingerprint density at radius 3 is 2.33 bits per heavy atom. The summed E-state index contributed by atoms with van der Waals surface area (Å²) in [6, 6.07) is 21.3. The summed E-state index contributed by atoms with van der Waals surface area (Å²) in [5.74, 6) is 0.0641. The summed E-state index contributed by atoms with van der Waals surface area (Å²) in [6.07, 6.45) is 0. The third-order valence-electron chi connectivity index (χ3n) is 4.44. The molecule has 0 aliphatic rings. The van der Waals surface area contributed by atoms with Gasteiger partial charge in [-0.1, -0.05) is 60.1 Å². The first kappa shape index (κ1) is 24.4. The number of benzene rings is 3. The smallest absolute Gasteiger partial charge is 0.261 e. The van der Waals surface area contributed by atoms with Crippen molar-refractivity contribution in [3.63, 3.8) is 0 Å². The number of carbonyl (C=O) groups is 2. The van der Waals surface area contributed by atoms with Crippen LogP contribution >= 0.6 is 28.1 Å². The van der Waals surface area contributed by atoms with Gasteiger partial charge in [-0.05, 0) is 60.6 Å². The van der Waals surface area contributed by atoms with E-state index < -0.39 is 5.91 Å². The average Bonchev–Trinajstić information content (AvgIpc) is 2.79. The predicted octanol–water partition coefficient (Wildman–Crippen LogP) is 5.86. The highest BCUT2D eigenvalue weighted by Crippen LogP contribution is 2.24. The van der Waals surface area contributed by atoms with E-state index in [0.717, 1.165) is 4.47 Å². The molecule has 8 heteroatoms. The van der Waals surface area contributed by atoms with Gasteiger partial charge in [-0.25, -0.2) is 0 Å². The molecule has 0 unspecified atom stereocenters. The maximum Gasteiger partial charge on any atom is 0.261 e. The van der Waals surface area contributed by atoms with E-state index in [2.05, 4.69) is 31.9 Å². The van der Waals surface area contributed by atoms with Crippen molar-refractivity contribution in [2.75, 3.05) is 17.2 Å². The number of halogens is 1. The second-order valence-corrected chi connectivity index (χ2v) is 8.94. The molecule has 0 fully saturated rings. The molecule has 6 nitrogen and oxygen atoms in total. The van der Waals surface area contributed by atoms with E-state index in [-0.39, 0.29) is 11.0 Å². The van der Waals surface area contributed by atoms with Gasteiger partial charge in [0.1, 0.15) is 5.75 Å². The lowest BCUT2D eigenvalue weighted by atomic mass is 10.1. The summed E-state index contributed by atoms with van der Waals surface area (Å²) < 4.78 is 6.53. The van der Waals surface area contributed by atoms with E-state index in [4.69, 9.17) is 17.0 Å². The quantitative estimate of drug-likeness (QED) is 0.336. The molecular weight excluding hydrogens is 502 g/mol. The Morgan fingerprint density at radius 2 is 1.61 bits per heavy atom. The van der Waals surface area contributed by atoms with Crippen LogP contribution in [0, 0.1) is 5.92 Å². The van der Waals surface area contributed by atoms with E-state index in [1.54, 1.807) is 48.5 Å². The second kappa shape index (κ2) is 11.6. The number of hydrogen-bond acceptors (Lipinski definition) is 4. The summed E-state index contributed by atoms with van der Waals surface area (Å²) >= 11 is 8.73. The summed E-state index contributed by atoms with van der Waals surface area (Å²) in [6.45, 7) is 4.54. The lowest BCUT2D eigenvalue weighted by molar-refractivity contribution is 0.0971. The summed E-state index contributed by atoms with van der Waals surface area (Å²) in [5, 5.41) is 8.52. The van der Waals surface area contributed by atoms with E-state index in [1.165, 1.54) is 0 Å². The number of amides is 2. The summed E-state index contributed by atoms with van der Waals surface area (Å²) in [7, 11) is 0. The molecule has 0 saturated carbocycles. The monoisotopic (exact) mass is 525 g/mol. The molecule has 33 heavy (non-hydrogen) atoms. The maximum atomic E-state index is 12.9. The second-order valence-electron chi connectivity index (χ2n) is 7.62. The zero-order chi connectivity index (χ0) is 23.8. The Morgan fingerprint density at radius 1 is 0.909 bits per heavy atom. The Hall–Kier alpha value is -3.23. The van der Waals surface area contributed by atoms with Crippen LogP contribution in [0.25, 0.3) is 0 Å². The molecule has 0 radical (unpaired) electrons. The molecule has 0 spiro atoms. The fraction of sp³-hybridized carbons (Fsp3) is 0.160. The molecule has 3 rings (SSSR count). The molecule has 3 aromatic carbocycles. The zero-order valence-corrected chi connectivity index (χ0v) is 20.6. The first-order valence-corrected chi connectivity index (χ1v) is 11.5. The van der Waals surface area contributed by atoms with Crippen LogP contribution in [-0.2, 0) is 0 Å². The Balaban J connectivity index is 1.71. The van der Waals surface area contributed by atoms with Gasteiger partial charge in [0.05, 0.1) is 23.4 Å². The normalized spacial score (nSPS) is 10.4. The zero-order valence-electron chi connectivity index (χ0n) is 18.2. The molecule has 170 valence electrons. The minimum absolute atomic E-state index is 0.0646. The minimum atomic E-state index is -0.418. The highest BCUT2D eigenvalue weighted by molar-refractivity contribution is 9.10. The molecule has 2 amide bonds. The Kier molecular flexibility index (Phi) is 8.57. The van der Waals surface area contributed by atoms with Gasteiger partial charge in [0.25, 0.3) is 11.8 Å². The van der Waals surface area contributed by atoms with Gasteiger partial charge >= 0.3 is 0 Å². The predicted molar refractivity (Wildman–Crippen MR) is 139 cm³/mol. The van der Waals surface area contributed by atoms with Gasteiger partial charge < -0.3 is 15.4 Å². The minimum Gasteiger partial charge on any atom is -0.492 e. The number of nitrogens with one attached hydrogen (secondary N) is 3.